The Kier molecular flexibility index (Phi) is 7.20. The van der Waals surface area contributed by atoms with Gasteiger partial charge in [0.1, 0.15) is 0 Å². The molecule has 0 aromatic heterocycles. The highest BCUT2D eigenvalue weighted by molar-refractivity contribution is 6.31. The fourth-order valence-corrected chi connectivity index (χ4v) is 4.02. The second-order valence-corrected chi connectivity index (χ2v) is 8.20. The van der Waals surface area contributed by atoms with Gasteiger partial charge < -0.3 is 11.5 Å². The SMILES string of the molecule is Cl.NC(=O)C1(c2cccc(Cl)c2)CCC1.NC1(c2cccc(Cl)c2)CCC1. The van der Waals surface area contributed by atoms with Gasteiger partial charge in [-0.05, 0) is 67.5 Å². The average Bonchev–Trinajstić information content (AvgIpc) is 2.52. The Balaban J connectivity index is 0.000000189. The second kappa shape index (κ2) is 8.83. The van der Waals surface area contributed by atoms with Crippen LogP contribution in [0.5, 0.6) is 0 Å². The smallest absolute Gasteiger partial charge is 0.228 e. The monoisotopic (exact) mass is 426 g/mol. The van der Waals surface area contributed by atoms with Crippen LogP contribution >= 0.6 is 35.6 Å². The van der Waals surface area contributed by atoms with Gasteiger partial charge in [0.05, 0.1) is 5.41 Å². The van der Waals surface area contributed by atoms with E-state index < -0.39 is 5.41 Å². The number of benzene rings is 2. The summed E-state index contributed by atoms with van der Waals surface area (Å²) in [4.78, 5) is 11.4. The number of amides is 1. The highest BCUT2D eigenvalue weighted by atomic mass is 35.5. The number of primary amides is 1. The Morgan fingerprint density at radius 3 is 1.70 bits per heavy atom. The number of rotatable bonds is 3. The number of carbonyl (C=O) groups excluding carboxylic acids is 1. The molecule has 2 aliphatic rings. The number of halogens is 3. The van der Waals surface area contributed by atoms with Crippen LogP contribution in [-0.2, 0) is 15.7 Å². The van der Waals surface area contributed by atoms with Crippen molar-refractivity contribution in [1.29, 1.82) is 0 Å². The molecule has 0 spiro atoms. The molecule has 146 valence electrons. The van der Waals surface area contributed by atoms with Gasteiger partial charge >= 0.3 is 0 Å². The molecule has 0 radical (unpaired) electrons. The van der Waals surface area contributed by atoms with Crippen LogP contribution in [-0.4, -0.2) is 5.91 Å². The van der Waals surface area contributed by atoms with Crippen LogP contribution in [0.3, 0.4) is 0 Å². The third-order valence-corrected chi connectivity index (χ3v) is 6.17. The fraction of sp³-hybridized carbons (Fsp3) is 0.381. The van der Waals surface area contributed by atoms with E-state index in [1.54, 1.807) is 6.07 Å². The number of hydrogen-bond donors (Lipinski definition) is 2. The molecular weight excluding hydrogens is 403 g/mol. The zero-order valence-electron chi connectivity index (χ0n) is 15.1. The third-order valence-electron chi connectivity index (χ3n) is 5.70. The van der Waals surface area contributed by atoms with E-state index in [4.69, 9.17) is 34.7 Å². The van der Waals surface area contributed by atoms with Gasteiger partial charge in [0, 0.05) is 15.6 Å². The van der Waals surface area contributed by atoms with Crippen molar-refractivity contribution < 1.29 is 4.79 Å². The predicted octanol–water partition coefficient (Wildman–Crippen LogP) is 5.35. The largest absolute Gasteiger partial charge is 0.369 e. The number of carbonyl (C=O) groups is 1. The first-order valence-corrected chi connectivity index (χ1v) is 9.72. The summed E-state index contributed by atoms with van der Waals surface area (Å²) >= 11 is 11.8. The first-order chi connectivity index (χ1) is 12.4. The Labute approximate surface area is 176 Å². The van der Waals surface area contributed by atoms with Gasteiger partial charge in [-0.25, -0.2) is 0 Å². The summed E-state index contributed by atoms with van der Waals surface area (Å²) < 4.78 is 0. The average molecular weight is 428 g/mol. The molecule has 0 bridgehead atoms. The molecule has 0 heterocycles. The number of hydrogen-bond acceptors (Lipinski definition) is 2. The molecule has 0 unspecified atom stereocenters. The Morgan fingerprint density at radius 1 is 0.852 bits per heavy atom. The standard InChI is InChI=1S/C11H12ClNO.C10H12ClN.ClH/c12-9-4-1-3-8(7-9)11(10(13)14)5-2-6-11;11-9-4-1-3-8(7-9)10(12)5-2-6-10;/h1,3-4,7H,2,5-6H2,(H2,13,14);1,3-4,7H,2,5-6,12H2;1H. The van der Waals surface area contributed by atoms with E-state index in [0.717, 1.165) is 42.7 Å². The van der Waals surface area contributed by atoms with Crippen LogP contribution in [0.15, 0.2) is 48.5 Å². The lowest BCUT2D eigenvalue weighted by atomic mass is 9.64. The van der Waals surface area contributed by atoms with Gasteiger partial charge in [-0.2, -0.15) is 0 Å². The van der Waals surface area contributed by atoms with E-state index in [0.29, 0.717) is 5.02 Å². The van der Waals surface area contributed by atoms with Crippen LogP contribution in [0.2, 0.25) is 10.0 Å². The molecule has 3 nitrogen and oxygen atoms in total. The lowest BCUT2D eigenvalue weighted by Gasteiger charge is -2.39. The molecule has 0 aliphatic heterocycles. The van der Waals surface area contributed by atoms with Crippen LogP contribution in [0.1, 0.15) is 49.7 Å². The van der Waals surface area contributed by atoms with Gasteiger partial charge in [-0.1, -0.05) is 53.9 Å². The quantitative estimate of drug-likeness (QED) is 0.693. The van der Waals surface area contributed by atoms with Crippen molar-refractivity contribution in [2.45, 2.75) is 49.5 Å². The summed E-state index contributed by atoms with van der Waals surface area (Å²) in [7, 11) is 0. The van der Waals surface area contributed by atoms with Crippen LogP contribution in [0, 0.1) is 0 Å². The lowest BCUT2D eigenvalue weighted by molar-refractivity contribution is -0.126. The fourth-order valence-electron chi connectivity index (χ4n) is 3.64. The maximum atomic E-state index is 11.4. The first-order valence-electron chi connectivity index (χ1n) is 8.97. The summed E-state index contributed by atoms with van der Waals surface area (Å²) in [6.45, 7) is 0. The molecule has 2 aliphatic carbocycles. The van der Waals surface area contributed by atoms with Crippen molar-refractivity contribution in [3.8, 4) is 0 Å². The van der Waals surface area contributed by atoms with E-state index in [9.17, 15) is 4.79 Å². The van der Waals surface area contributed by atoms with Crippen molar-refractivity contribution in [1.82, 2.24) is 0 Å². The molecule has 1 amide bonds. The summed E-state index contributed by atoms with van der Waals surface area (Å²) in [6, 6.07) is 15.3. The van der Waals surface area contributed by atoms with Crippen LogP contribution in [0.25, 0.3) is 0 Å². The second-order valence-electron chi connectivity index (χ2n) is 7.33. The van der Waals surface area contributed by atoms with Crippen LogP contribution in [0.4, 0.5) is 0 Å². The number of nitrogens with two attached hydrogens (primary N) is 2. The van der Waals surface area contributed by atoms with E-state index in [1.165, 1.54) is 12.0 Å². The Bertz CT molecular complexity index is 802. The van der Waals surface area contributed by atoms with Crippen molar-refractivity contribution in [3.63, 3.8) is 0 Å². The lowest BCUT2D eigenvalue weighted by Crippen LogP contribution is -2.46. The molecule has 27 heavy (non-hydrogen) atoms. The van der Waals surface area contributed by atoms with Gasteiger partial charge in [0.25, 0.3) is 0 Å². The van der Waals surface area contributed by atoms with Gasteiger partial charge in [-0.3, -0.25) is 4.79 Å². The molecule has 2 saturated carbocycles. The summed E-state index contributed by atoms with van der Waals surface area (Å²) in [5.74, 6) is -0.231. The minimum absolute atomic E-state index is 0. The molecular formula is C21H25Cl3N2O. The van der Waals surface area contributed by atoms with E-state index in [-0.39, 0.29) is 23.9 Å². The molecule has 4 N–H and O–H groups in total. The summed E-state index contributed by atoms with van der Waals surface area (Å²) in [6.07, 6.45) is 6.19. The minimum Gasteiger partial charge on any atom is -0.369 e. The molecule has 4 rings (SSSR count). The highest BCUT2D eigenvalue weighted by Crippen LogP contribution is 2.44. The van der Waals surface area contributed by atoms with E-state index >= 15 is 0 Å². The van der Waals surface area contributed by atoms with Gasteiger partial charge in [0.15, 0.2) is 0 Å². The Morgan fingerprint density at radius 2 is 1.33 bits per heavy atom. The van der Waals surface area contributed by atoms with Gasteiger partial charge in [-0.15, -0.1) is 12.4 Å². The summed E-state index contributed by atoms with van der Waals surface area (Å²) in [5, 5.41) is 1.44. The van der Waals surface area contributed by atoms with E-state index in [1.807, 2.05) is 36.4 Å². The van der Waals surface area contributed by atoms with Crippen LogP contribution < -0.4 is 11.5 Å². The van der Waals surface area contributed by atoms with Crippen molar-refractivity contribution >= 4 is 41.5 Å². The zero-order valence-corrected chi connectivity index (χ0v) is 17.4. The molecule has 0 atom stereocenters. The molecule has 2 fully saturated rings. The molecule has 2 aromatic rings. The molecule has 6 heteroatoms. The minimum atomic E-state index is -0.440. The first kappa shape index (κ1) is 22.0. The van der Waals surface area contributed by atoms with Crippen molar-refractivity contribution in [3.05, 3.63) is 69.7 Å². The van der Waals surface area contributed by atoms with E-state index in [2.05, 4.69) is 6.07 Å². The maximum absolute atomic E-state index is 11.4. The summed E-state index contributed by atoms with van der Waals surface area (Å²) in [5.41, 5.74) is 13.2. The topological polar surface area (TPSA) is 69.1 Å². The predicted molar refractivity (Wildman–Crippen MR) is 115 cm³/mol. The highest BCUT2D eigenvalue weighted by Gasteiger charge is 2.44. The maximum Gasteiger partial charge on any atom is 0.228 e. The van der Waals surface area contributed by atoms with Crippen molar-refractivity contribution in [2.75, 3.05) is 0 Å². The normalized spacial score (nSPS) is 18.6. The van der Waals surface area contributed by atoms with Gasteiger partial charge in [0.2, 0.25) is 5.91 Å². The van der Waals surface area contributed by atoms with Crippen molar-refractivity contribution in [2.24, 2.45) is 11.5 Å². The Hall–Kier alpha value is -1.26. The third kappa shape index (κ3) is 4.60. The molecule has 2 aromatic carbocycles. The zero-order chi connectivity index (χ0) is 18.8. The molecule has 0 saturated heterocycles.